The van der Waals surface area contributed by atoms with Gasteiger partial charge in [-0.25, -0.2) is 0 Å². The number of ether oxygens (including phenoxy) is 1. The zero-order valence-corrected chi connectivity index (χ0v) is 11.8. The van der Waals surface area contributed by atoms with Gasteiger partial charge in [-0.05, 0) is 17.9 Å². The molecule has 2 heterocycles. The second kappa shape index (κ2) is 6.33. The van der Waals surface area contributed by atoms with Crippen LogP contribution in [0.1, 0.15) is 30.7 Å². The molecule has 0 aromatic carbocycles. The molecule has 7 heteroatoms. The second-order valence-electron chi connectivity index (χ2n) is 4.00. The maximum absolute atomic E-state index is 5.62. The summed E-state index contributed by atoms with van der Waals surface area (Å²) in [5.74, 6) is 0.590. The Morgan fingerprint density at radius 3 is 2.89 bits per heavy atom. The third-order valence-corrected chi connectivity index (χ3v) is 3.57. The molecular formula is C12H17N5OS. The van der Waals surface area contributed by atoms with Crippen LogP contribution in [-0.4, -0.2) is 22.1 Å². The quantitative estimate of drug-likeness (QED) is 0.845. The van der Waals surface area contributed by atoms with Crippen LogP contribution >= 0.6 is 11.3 Å². The number of nitrogens with two attached hydrogens (primary N) is 1. The molecule has 0 aliphatic carbocycles. The number of methoxy groups -OCH3 is 1. The number of nitrogens with one attached hydrogen (secondary N) is 1. The van der Waals surface area contributed by atoms with Gasteiger partial charge in [0.1, 0.15) is 0 Å². The lowest BCUT2D eigenvalue weighted by atomic mass is 10.1. The molecule has 2 rings (SSSR count). The fourth-order valence-corrected chi connectivity index (χ4v) is 2.56. The van der Waals surface area contributed by atoms with Crippen LogP contribution in [0.4, 0.5) is 11.9 Å². The lowest BCUT2D eigenvalue weighted by Gasteiger charge is -2.16. The van der Waals surface area contributed by atoms with Gasteiger partial charge in [0.2, 0.25) is 11.9 Å². The topological polar surface area (TPSA) is 86.0 Å². The Morgan fingerprint density at radius 2 is 2.26 bits per heavy atom. The summed E-state index contributed by atoms with van der Waals surface area (Å²) in [6.45, 7) is 2.14. The second-order valence-corrected chi connectivity index (χ2v) is 4.98. The average molecular weight is 279 g/mol. The van der Waals surface area contributed by atoms with Gasteiger partial charge in [0.25, 0.3) is 0 Å². The Labute approximate surface area is 116 Å². The standard InChI is InChI=1S/C12H17N5OS/c1-3-5-8(9-6-4-7-19-9)14-11-15-10(13)16-12(17-11)18-2/h4,6-8H,3,5H2,1-2H3,(H3,13,14,15,16,17). The molecule has 0 radical (unpaired) electrons. The van der Waals surface area contributed by atoms with Crippen molar-refractivity contribution in [3.8, 4) is 6.01 Å². The molecule has 3 N–H and O–H groups in total. The van der Waals surface area contributed by atoms with Gasteiger partial charge in [0.05, 0.1) is 13.2 Å². The molecule has 0 aliphatic heterocycles. The molecule has 1 unspecified atom stereocenters. The molecule has 2 aromatic rings. The van der Waals surface area contributed by atoms with Crippen molar-refractivity contribution in [3.63, 3.8) is 0 Å². The van der Waals surface area contributed by atoms with Crippen LogP contribution in [0.5, 0.6) is 6.01 Å². The number of aromatic nitrogens is 3. The van der Waals surface area contributed by atoms with Crippen molar-refractivity contribution in [3.05, 3.63) is 22.4 Å². The number of anilines is 2. The van der Waals surface area contributed by atoms with E-state index in [1.54, 1.807) is 11.3 Å². The van der Waals surface area contributed by atoms with Crippen molar-refractivity contribution in [1.29, 1.82) is 0 Å². The van der Waals surface area contributed by atoms with Gasteiger partial charge in [-0.15, -0.1) is 11.3 Å². The summed E-state index contributed by atoms with van der Waals surface area (Å²) in [5.41, 5.74) is 5.62. The van der Waals surface area contributed by atoms with Gasteiger partial charge in [0.15, 0.2) is 0 Å². The fraction of sp³-hybridized carbons (Fsp3) is 0.417. The number of nitrogen functional groups attached to an aromatic ring is 1. The van der Waals surface area contributed by atoms with E-state index < -0.39 is 0 Å². The highest BCUT2D eigenvalue weighted by Gasteiger charge is 2.14. The van der Waals surface area contributed by atoms with Crippen molar-refractivity contribution in [1.82, 2.24) is 15.0 Å². The Kier molecular flexibility index (Phi) is 4.51. The summed E-state index contributed by atoms with van der Waals surface area (Å²) in [6.07, 6.45) is 2.06. The molecule has 0 amide bonds. The van der Waals surface area contributed by atoms with E-state index in [-0.39, 0.29) is 18.0 Å². The highest BCUT2D eigenvalue weighted by molar-refractivity contribution is 7.10. The molecule has 102 valence electrons. The van der Waals surface area contributed by atoms with E-state index in [9.17, 15) is 0 Å². The third-order valence-electron chi connectivity index (χ3n) is 2.58. The minimum Gasteiger partial charge on any atom is -0.467 e. The van der Waals surface area contributed by atoms with E-state index in [0.717, 1.165) is 12.8 Å². The highest BCUT2D eigenvalue weighted by atomic mass is 32.1. The smallest absolute Gasteiger partial charge is 0.322 e. The predicted octanol–water partition coefficient (Wildman–Crippen LogP) is 2.48. The van der Waals surface area contributed by atoms with Gasteiger partial charge >= 0.3 is 6.01 Å². The molecule has 19 heavy (non-hydrogen) atoms. The molecule has 0 saturated carbocycles. The van der Waals surface area contributed by atoms with Crippen LogP contribution < -0.4 is 15.8 Å². The Hall–Kier alpha value is -1.89. The summed E-state index contributed by atoms with van der Waals surface area (Å²) in [7, 11) is 1.50. The van der Waals surface area contributed by atoms with Crippen molar-refractivity contribution < 1.29 is 4.74 Å². The molecule has 1 atom stereocenters. The van der Waals surface area contributed by atoms with Gasteiger partial charge in [0, 0.05) is 4.88 Å². The first-order valence-corrected chi connectivity index (χ1v) is 6.96. The number of hydrogen-bond donors (Lipinski definition) is 2. The van der Waals surface area contributed by atoms with Crippen LogP contribution in [0.2, 0.25) is 0 Å². The number of nitrogens with zero attached hydrogens (tertiary/aromatic N) is 3. The first-order chi connectivity index (χ1) is 9.22. The van der Waals surface area contributed by atoms with Gasteiger partial charge in [-0.2, -0.15) is 15.0 Å². The average Bonchev–Trinajstić information content (AvgIpc) is 2.91. The molecule has 0 saturated heterocycles. The molecular weight excluding hydrogens is 262 g/mol. The van der Waals surface area contributed by atoms with Crippen molar-refractivity contribution in [2.24, 2.45) is 0 Å². The Balaban J connectivity index is 2.19. The normalized spacial score (nSPS) is 12.1. The minimum atomic E-state index is 0.149. The third kappa shape index (κ3) is 3.54. The largest absolute Gasteiger partial charge is 0.467 e. The van der Waals surface area contributed by atoms with E-state index in [4.69, 9.17) is 10.5 Å². The molecule has 0 fully saturated rings. The molecule has 0 spiro atoms. The van der Waals surface area contributed by atoms with E-state index in [2.05, 4.69) is 38.6 Å². The highest BCUT2D eigenvalue weighted by Crippen LogP contribution is 2.26. The van der Waals surface area contributed by atoms with Gasteiger partial charge in [-0.3, -0.25) is 0 Å². The molecule has 6 nitrogen and oxygen atoms in total. The summed E-state index contributed by atoms with van der Waals surface area (Å²) < 4.78 is 4.99. The SMILES string of the molecule is CCCC(Nc1nc(N)nc(OC)n1)c1cccs1. The van der Waals surface area contributed by atoms with Crippen LogP contribution in [0, 0.1) is 0 Å². The summed E-state index contributed by atoms with van der Waals surface area (Å²) in [4.78, 5) is 13.3. The first-order valence-electron chi connectivity index (χ1n) is 6.08. The molecule has 0 bridgehead atoms. The van der Waals surface area contributed by atoms with E-state index in [1.165, 1.54) is 12.0 Å². The van der Waals surface area contributed by atoms with Crippen LogP contribution in [-0.2, 0) is 0 Å². The van der Waals surface area contributed by atoms with Crippen molar-refractivity contribution >= 4 is 23.2 Å². The van der Waals surface area contributed by atoms with Gasteiger partial charge < -0.3 is 15.8 Å². The van der Waals surface area contributed by atoms with Crippen LogP contribution in [0.15, 0.2) is 17.5 Å². The monoisotopic (exact) mass is 279 g/mol. The van der Waals surface area contributed by atoms with E-state index in [1.807, 2.05) is 6.07 Å². The summed E-state index contributed by atoms with van der Waals surface area (Å²) >= 11 is 1.71. The Bertz CT molecular complexity index is 517. The zero-order chi connectivity index (χ0) is 13.7. The van der Waals surface area contributed by atoms with Crippen molar-refractivity contribution in [2.75, 3.05) is 18.2 Å². The Morgan fingerprint density at radius 1 is 1.42 bits per heavy atom. The molecule has 0 aliphatic rings. The first kappa shape index (κ1) is 13.5. The summed E-state index contributed by atoms with van der Waals surface area (Å²) in [5, 5.41) is 5.34. The number of rotatable bonds is 6. The van der Waals surface area contributed by atoms with Crippen molar-refractivity contribution in [2.45, 2.75) is 25.8 Å². The zero-order valence-electron chi connectivity index (χ0n) is 11.0. The predicted molar refractivity (Wildman–Crippen MR) is 76.4 cm³/mol. The summed E-state index contributed by atoms with van der Waals surface area (Å²) in [6, 6.07) is 4.53. The van der Waals surface area contributed by atoms with E-state index in [0.29, 0.717) is 5.95 Å². The number of hydrogen-bond acceptors (Lipinski definition) is 7. The molecule has 2 aromatic heterocycles. The number of thiophene rings is 1. The fourth-order valence-electron chi connectivity index (χ4n) is 1.75. The lowest BCUT2D eigenvalue weighted by Crippen LogP contribution is -2.13. The van der Waals surface area contributed by atoms with Crippen LogP contribution in [0.25, 0.3) is 0 Å². The van der Waals surface area contributed by atoms with Gasteiger partial charge in [-0.1, -0.05) is 19.4 Å². The minimum absolute atomic E-state index is 0.149. The maximum Gasteiger partial charge on any atom is 0.322 e. The van der Waals surface area contributed by atoms with Crippen LogP contribution in [0.3, 0.4) is 0 Å². The van der Waals surface area contributed by atoms with E-state index >= 15 is 0 Å². The lowest BCUT2D eigenvalue weighted by molar-refractivity contribution is 0.379. The maximum atomic E-state index is 5.62.